The normalized spacial score (nSPS) is 15.3. The largest absolute Gasteiger partial charge is 0.322 e. The third kappa shape index (κ3) is 4.11. The van der Waals surface area contributed by atoms with Crippen molar-refractivity contribution in [2.75, 3.05) is 31.5 Å². The summed E-state index contributed by atoms with van der Waals surface area (Å²) in [6.07, 6.45) is 0. The predicted molar refractivity (Wildman–Crippen MR) is 93.4 cm³/mol. The van der Waals surface area contributed by atoms with Crippen molar-refractivity contribution in [3.8, 4) is 0 Å². The molecule has 0 spiro atoms. The van der Waals surface area contributed by atoms with Crippen molar-refractivity contribution in [3.63, 3.8) is 0 Å². The summed E-state index contributed by atoms with van der Waals surface area (Å²) < 4.78 is 13.7. The molecule has 5 heteroatoms. The molecule has 0 bridgehead atoms. The first-order valence-corrected chi connectivity index (χ1v) is 8.20. The maximum atomic E-state index is 13.7. The average molecular weight is 327 g/mol. The topological polar surface area (TPSA) is 35.6 Å². The van der Waals surface area contributed by atoms with Gasteiger partial charge in [0.05, 0.1) is 0 Å². The molecule has 1 heterocycles. The van der Waals surface area contributed by atoms with Crippen molar-refractivity contribution >= 4 is 11.7 Å². The quantitative estimate of drug-likeness (QED) is 0.937. The Morgan fingerprint density at radius 3 is 2.38 bits per heavy atom. The van der Waals surface area contributed by atoms with Gasteiger partial charge in [-0.3, -0.25) is 4.90 Å². The Hall–Kier alpha value is -2.40. The zero-order chi connectivity index (χ0) is 16.9. The maximum Gasteiger partial charge on any atom is 0.321 e. The van der Waals surface area contributed by atoms with Crippen molar-refractivity contribution < 1.29 is 9.18 Å². The number of carbonyl (C=O) groups is 1. The first-order chi connectivity index (χ1) is 11.6. The van der Waals surface area contributed by atoms with Crippen molar-refractivity contribution in [1.29, 1.82) is 0 Å². The Kier molecular flexibility index (Phi) is 5.11. The summed E-state index contributed by atoms with van der Waals surface area (Å²) in [5.74, 6) is -0.169. The Bertz CT molecular complexity index is 694. The fraction of sp³-hybridized carbons (Fsp3) is 0.316. The van der Waals surface area contributed by atoms with Crippen molar-refractivity contribution in [1.82, 2.24) is 9.80 Å². The molecular formula is C19H22FN3O. The number of halogens is 1. The Balaban J connectivity index is 1.50. The molecule has 3 rings (SSSR count). The molecule has 0 aliphatic carbocycles. The molecule has 24 heavy (non-hydrogen) atoms. The van der Waals surface area contributed by atoms with Gasteiger partial charge in [-0.25, -0.2) is 9.18 Å². The average Bonchev–Trinajstić information content (AvgIpc) is 2.59. The van der Waals surface area contributed by atoms with E-state index in [1.54, 1.807) is 11.0 Å². The van der Waals surface area contributed by atoms with Gasteiger partial charge in [0.1, 0.15) is 5.82 Å². The molecule has 1 aliphatic rings. The number of piperazine rings is 1. The lowest BCUT2D eigenvalue weighted by atomic mass is 10.2. The fourth-order valence-electron chi connectivity index (χ4n) is 2.82. The van der Waals surface area contributed by atoms with Crippen LogP contribution in [-0.4, -0.2) is 42.0 Å². The van der Waals surface area contributed by atoms with E-state index in [9.17, 15) is 9.18 Å². The van der Waals surface area contributed by atoms with Crippen LogP contribution in [0.5, 0.6) is 0 Å². The maximum absolute atomic E-state index is 13.7. The number of hydrogen-bond acceptors (Lipinski definition) is 2. The number of amides is 2. The van der Waals surface area contributed by atoms with Gasteiger partial charge in [-0.2, -0.15) is 0 Å². The molecule has 2 aromatic carbocycles. The zero-order valence-electron chi connectivity index (χ0n) is 13.8. The van der Waals surface area contributed by atoms with E-state index in [-0.39, 0.29) is 11.8 Å². The van der Waals surface area contributed by atoms with E-state index in [1.807, 2.05) is 43.3 Å². The number of carbonyl (C=O) groups excluding carboxylic acids is 1. The first kappa shape index (κ1) is 16.5. The number of urea groups is 1. The molecule has 0 saturated carbocycles. The van der Waals surface area contributed by atoms with Gasteiger partial charge in [0.2, 0.25) is 0 Å². The van der Waals surface area contributed by atoms with E-state index >= 15 is 0 Å². The number of benzene rings is 2. The minimum atomic E-state index is -0.169. The second kappa shape index (κ2) is 7.45. The van der Waals surface area contributed by atoms with Gasteiger partial charge in [0, 0.05) is 44.0 Å². The Labute approximate surface area is 141 Å². The number of hydrogen-bond donors (Lipinski definition) is 1. The highest BCUT2D eigenvalue weighted by Gasteiger charge is 2.21. The number of rotatable bonds is 3. The second-order valence-corrected chi connectivity index (χ2v) is 6.15. The van der Waals surface area contributed by atoms with Gasteiger partial charge in [0.15, 0.2) is 0 Å². The molecule has 0 unspecified atom stereocenters. The molecule has 0 radical (unpaired) electrons. The highest BCUT2D eigenvalue weighted by Crippen LogP contribution is 2.14. The molecule has 0 aromatic heterocycles. The van der Waals surface area contributed by atoms with Crippen LogP contribution in [0.4, 0.5) is 14.9 Å². The number of anilines is 1. The summed E-state index contributed by atoms with van der Waals surface area (Å²) in [6.45, 7) is 5.38. The molecule has 0 atom stereocenters. The van der Waals surface area contributed by atoms with Crippen LogP contribution in [-0.2, 0) is 6.54 Å². The molecule has 1 N–H and O–H groups in total. The van der Waals surface area contributed by atoms with Crippen molar-refractivity contribution in [3.05, 3.63) is 65.5 Å². The van der Waals surface area contributed by atoms with Crippen molar-refractivity contribution in [2.45, 2.75) is 13.5 Å². The van der Waals surface area contributed by atoms with Gasteiger partial charge in [-0.05, 0) is 25.1 Å². The van der Waals surface area contributed by atoms with Gasteiger partial charge in [0.25, 0.3) is 0 Å². The predicted octanol–water partition coefficient (Wildman–Crippen LogP) is 3.48. The smallest absolute Gasteiger partial charge is 0.321 e. The molecule has 2 aromatic rings. The van der Waals surface area contributed by atoms with E-state index in [4.69, 9.17) is 0 Å². The first-order valence-electron chi connectivity index (χ1n) is 8.20. The van der Waals surface area contributed by atoms with Gasteiger partial charge < -0.3 is 10.2 Å². The Morgan fingerprint density at radius 1 is 1.04 bits per heavy atom. The number of nitrogens with one attached hydrogen (secondary N) is 1. The van der Waals surface area contributed by atoms with E-state index < -0.39 is 0 Å². The lowest BCUT2D eigenvalue weighted by molar-refractivity contribution is 0.142. The van der Waals surface area contributed by atoms with Crippen LogP contribution in [0.3, 0.4) is 0 Å². The monoisotopic (exact) mass is 327 g/mol. The summed E-state index contributed by atoms with van der Waals surface area (Å²) in [4.78, 5) is 16.3. The summed E-state index contributed by atoms with van der Waals surface area (Å²) in [7, 11) is 0. The number of nitrogens with zero attached hydrogens (tertiary/aromatic N) is 2. The fourth-order valence-corrected chi connectivity index (χ4v) is 2.82. The lowest BCUT2D eigenvalue weighted by Crippen LogP contribution is -2.49. The summed E-state index contributed by atoms with van der Waals surface area (Å²) >= 11 is 0. The molecular weight excluding hydrogens is 305 g/mol. The second-order valence-electron chi connectivity index (χ2n) is 6.15. The minimum Gasteiger partial charge on any atom is -0.322 e. The zero-order valence-corrected chi connectivity index (χ0v) is 13.8. The molecule has 1 fully saturated rings. The van der Waals surface area contributed by atoms with E-state index in [2.05, 4.69) is 10.2 Å². The van der Waals surface area contributed by atoms with Crippen LogP contribution < -0.4 is 5.32 Å². The SMILES string of the molecule is Cc1ccc(NC(=O)N2CCN(Cc3ccccc3F)CC2)cc1. The van der Waals surface area contributed by atoms with Gasteiger partial charge in [-0.15, -0.1) is 0 Å². The third-order valence-corrected chi connectivity index (χ3v) is 4.31. The van der Waals surface area contributed by atoms with Crippen LogP contribution in [0.25, 0.3) is 0 Å². The van der Waals surface area contributed by atoms with Crippen LogP contribution >= 0.6 is 0 Å². The third-order valence-electron chi connectivity index (χ3n) is 4.31. The molecule has 2 amide bonds. The van der Waals surface area contributed by atoms with Crippen molar-refractivity contribution in [2.24, 2.45) is 0 Å². The van der Waals surface area contributed by atoms with Gasteiger partial charge in [-0.1, -0.05) is 35.9 Å². The van der Waals surface area contributed by atoms with Crippen LogP contribution in [0.15, 0.2) is 48.5 Å². The molecule has 126 valence electrons. The minimum absolute atomic E-state index is 0.0793. The van der Waals surface area contributed by atoms with Crippen LogP contribution in [0, 0.1) is 12.7 Å². The van der Waals surface area contributed by atoms with Crippen LogP contribution in [0.1, 0.15) is 11.1 Å². The highest BCUT2D eigenvalue weighted by atomic mass is 19.1. The lowest BCUT2D eigenvalue weighted by Gasteiger charge is -2.34. The Morgan fingerprint density at radius 2 is 1.71 bits per heavy atom. The van der Waals surface area contributed by atoms with E-state index in [1.165, 1.54) is 6.07 Å². The van der Waals surface area contributed by atoms with E-state index in [0.29, 0.717) is 25.2 Å². The van der Waals surface area contributed by atoms with Crippen LogP contribution in [0.2, 0.25) is 0 Å². The summed E-state index contributed by atoms with van der Waals surface area (Å²) in [5, 5.41) is 2.92. The summed E-state index contributed by atoms with van der Waals surface area (Å²) in [5.41, 5.74) is 2.67. The molecule has 4 nitrogen and oxygen atoms in total. The van der Waals surface area contributed by atoms with Gasteiger partial charge >= 0.3 is 6.03 Å². The summed E-state index contributed by atoms with van der Waals surface area (Å²) in [6, 6.07) is 14.5. The molecule has 1 saturated heterocycles. The number of aryl methyl sites for hydroxylation is 1. The molecule has 1 aliphatic heterocycles. The van der Waals surface area contributed by atoms with E-state index in [0.717, 1.165) is 24.3 Å². The highest BCUT2D eigenvalue weighted by molar-refractivity contribution is 5.89. The standard InChI is InChI=1S/C19H22FN3O/c1-15-6-8-17(9-7-15)21-19(24)23-12-10-22(11-13-23)14-16-4-2-3-5-18(16)20/h2-9H,10-14H2,1H3,(H,21,24).